The summed E-state index contributed by atoms with van der Waals surface area (Å²) in [4.78, 5) is 1.93. The van der Waals surface area contributed by atoms with Crippen LogP contribution in [0.4, 0.5) is 0 Å². The summed E-state index contributed by atoms with van der Waals surface area (Å²) in [5, 5.41) is 4.85. The van der Waals surface area contributed by atoms with Crippen molar-refractivity contribution in [1.29, 1.82) is 0 Å². The van der Waals surface area contributed by atoms with Gasteiger partial charge in [0.05, 0.1) is 0 Å². The maximum Gasteiger partial charge on any atom is 0.250 e. The van der Waals surface area contributed by atoms with Crippen molar-refractivity contribution in [2.75, 3.05) is 34.2 Å². The van der Waals surface area contributed by atoms with Crippen LogP contribution in [0.15, 0.2) is 15.7 Å². The van der Waals surface area contributed by atoms with Crippen LogP contribution < -0.4 is 10.0 Å². The Bertz CT molecular complexity index is 440. The molecule has 98 valence electrons. The van der Waals surface area contributed by atoms with E-state index in [2.05, 4.69) is 10.0 Å². The molecular formula is C10H19N3O2S2. The van der Waals surface area contributed by atoms with E-state index in [4.69, 9.17) is 0 Å². The topological polar surface area (TPSA) is 61.4 Å². The lowest BCUT2D eigenvalue weighted by molar-refractivity contribution is 0.412. The van der Waals surface area contributed by atoms with Crippen molar-refractivity contribution in [1.82, 2.24) is 14.9 Å². The molecule has 0 unspecified atom stereocenters. The number of hydrogen-bond donors (Lipinski definition) is 2. The fourth-order valence-corrected chi connectivity index (χ4v) is 3.54. The van der Waals surface area contributed by atoms with Crippen molar-refractivity contribution in [3.8, 4) is 0 Å². The van der Waals surface area contributed by atoms with Gasteiger partial charge in [-0.3, -0.25) is 0 Å². The summed E-state index contributed by atoms with van der Waals surface area (Å²) >= 11 is 1.25. The van der Waals surface area contributed by atoms with E-state index in [-0.39, 0.29) is 0 Å². The Labute approximate surface area is 107 Å². The van der Waals surface area contributed by atoms with E-state index in [1.54, 1.807) is 6.07 Å². The number of rotatable bonds is 7. The number of nitrogens with zero attached hydrogens (tertiary/aromatic N) is 1. The Hall–Kier alpha value is -0.470. The van der Waals surface area contributed by atoms with Gasteiger partial charge in [0, 0.05) is 19.6 Å². The third-order valence-corrected chi connectivity index (χ3v) is 5.08. The maximum atomic E-state index is 11.9. The van der Waals surface area contributed by atoms with E-state index in [1.165, 1.54) is 11.3 Å². The van der Waals surface area contributed by atoms with Crippen molar-refractivity contribution in [2.45, 2.75) is 10.8 Å². The SMILES string of the molecule is CNCc1csc(S(=O)(=O)NCCN(C)C)c1. The molecule has 0 amide bonds. The molecular weight excluding hydrogens is 258 g/mol. The Morgan fingerprint density at radius 1 is 1.41 bits per heavy atom. The highest BCUT2D eigenvalue weighted by Gasteiger charge is 2.15. The summed E-state index contributed by atoms with van der Waals surface area (Å²) in [5.74, 6) is 0. The summed E-state index contributed by atoms with van der Waals surface area (Å²) in [6.45, 7) is 1.80. The highest BCUT2D eigenvalue weighted by atomic mass is 32.2. The van der Waals surface area contributed by atoms with Gasteiger partial charge >= 0.3 is 0 Å². The van der Waals surface area contributed by atoms with Crippen molar-refractivity contribution in [3.63, 3.8) is 0 Å². The highest BCUT2D eigenvalue weighted by Crippen LogP contribution is 2.19. The van der Waals surface area contributed by atoms with Gasteiger partial charge < -0.3 is 10.2 Å². The van der Waals surface area contributed by atoms with Gasteiger partial charge in [-0.2, -0.15) is 0 Å². The van der Waals surface area contributed by atoms with Gasteiger partial charge in [-0.25, -0.2) is 13.1 Å². The predicted molar refractivity (Wildman–Crippen MR) is 70.8 cm³/mol. The molecule has 1 rings (SSSR count). The van der Waals surface area contributed by atoms with Crippen LogP contribution in [0.1, 0.15) is 5.56 Å². The molecule has 0 aliphatic heterocycles. The largest absolute Gasteiger partial charge is 0.316 e. The van der Waals surface area contributed by atoms with Crippen molar-refractivity contribution in [3.05, 3.63) is 17.0 Å². The predicted octanol–water partition coefficient (Wildman–Crippen LogP) is 0.307. The summed E-state index contributed by atoms with van der Waals surface area (Å²) in [7, 11) is 2.31. The number of nitrogens with one attached hydrogen (secondary N) is 2. The van der Waals surface area contributed by atoms with Gasteiger partial charge in [0.2, 0.25) is 10.0 Å². The van der Waals surface area contributed by atoms with Gasteiger partial charge in [0.25, 0.3) is 0 Å². The Balaban J connectivity index is 2.62. The first-order chi connectivity index (χ1) is 7.95. The average molecular weight is 277 g/mol. The minimum atomic E-state index is -3.34. The van der Waals surface area contributed by atoms with Gasteiger partial charge in [0.15, 0.2) is 0 Å². The van der Waals surface area contributed by atoms with Crippen LogP contribution in [0.3, 0.4) is 0 Å². The Morgan fingerprint density at radius 3 is 2.71 bits per heavy atom. The van der Waals surface area contributed by atoms with Gasteiger partial charge in [-0.05, 0) is 38.2 Å². The fraction of sp³-hybridized carbons (Fsp3) is 0.600. The Morgan fingerprint density at radius 2 is 2.12 bits per heavy atom. The molecule has 0 aliphatic rings. The second-order valence-corrected chi connectivity index (χ2v) is 6.91. The second kappa shape index (κ2) is 6.46. The molecule has 0 spiro atoms. The highest BCUT2D eigenvalue weighted by molar-refractivity contribution is 7.91. The molecule has 7 heteroatoms. The van der Waals surface area contributed by atoms with Crippen molar-refractivity contribution >= 4 is 21.4 Å². The number of sulfonamides is 1. The quantitative estimate of drug-likeness (QED) is 0.753. The van der Waals surface area contributed by atoms with Crippen LogP contribution in [-0.2, 0) is 16.6 Å². The lowest BCUT2D eigenvalue weighted by Gasteiger charge is -2.09. The molecule has 0 saturated carbocycles. The van der Waals surface area contributed by atoms with Crippen molar-refractivity contribution < 1.29 is 8.42 Å². The van der Waals surface area contributed by atoms with E-state index >= 15 is 0 Å². The van der Waals surface area contributed by atoms with E-state index in [9.17, 15) is 8.42 Å². The molecule has 0 aliphatic carbocycles. The van der Waals surface area contributed by atoms with Gasteiger partial charge in [-0.15, -0.1) is 11.3 Å². The zero-order valence-corrected chi connectivity index (χ0v) is 12.0. The molecule has 1 aromatic heterocycles. The second-order valence-electron chi connectivity index (χ2n) is 4.01. The standard InChI is InChI=1S/C10H19N3O2S2/c1-11-7-9-6-10(16-8-9)17(14,15)12-4-5-13(2)3/h6,8,11-12H,4-5,7H2,1-3H3. The molecule has 1 aromatic rings. The molecule has 0 atom stereocenters. The van der Waals surface area contributed by atoms with Gasteiger partial charge in [-0.1, -0.05) is 0 Å². The van der Waals surface area contributed by atoms with Crippen molar-refractivity contribution in [2.24, 2.45) is 0 Å². The molecule has 0 fully saturated rings. The smallest absolute Gasteiger partial charge is 0.250 e. The number of thiophene rings is 1. The molecule has 0 aromatic carbocycles. The normalized spacial score (nSPS) is 12.2. The third kappa shape index (κ3) is 4.72. The lowest BCUT2D eigenvalue weighted by Crippen LogP contribution is -2.31. The first-order valence-electron chi connectivity index (χ1n) is 5.32. The van der Waals surface area contributed by atoms with E-state index < -0.39 is 10.0 Å². The Kier molecular flexibility index (Phi) is 5.54. The van der Waals surface area contributed by atoms with Crippen LogP contribution >= 0.6 is 11.3 Å². The van der Waals surface area contributed by atoms with Crippen LogP contribution in [0.25, 0.3) is 0 Å². The maximum absolute atomic E-state index is 11.9. The van der Waals surface area contributed by atoms with Crippen LogP contribution in [0, 0.1) is 0 Å². The summed E-state index contributed by atoms with van der Waals surface area (Å²) in [6, 6.07) is 1.71. The first kappa shape index (κ1) is 14.6. The van der Waals surface area contributed by atoms with Crippen LogP contribution in [0.5, 0.6) is 0 Å². The summed E-state index contributed by atoms with van der Waals surface area (Å²) in [6.07, 6.45) is 0. The molecule has 17 heavy (non-hydrogen) atoms. The minimum absolute atomic E-state index is 0.376. The molecule has 2 N–H and O–H groups in total. The van der Waals surface area contributed by atoms with Crippen LogP contribution in [-0.4, -0.2) is 47.6 Å². The molecule has 0 saturated heterocycles. The van der Waals surface area contributed by atoms with Gasteiger partial charge in [0.1, 0.15) is 4.21 Å². The summed E-state index contributed by atoms with van der Waals surface area (Å²) < 4.78 is 26.7. The zero-order chi connectivity index (χ0) is 12.9. The molecule has 0 radical (unpaired) electrons. The summed E-state index contributed by atoms with van der Waals surface area (Å²) in [5.41, 5.74) is 0.991. The van der Waals surface area contributed by atoms with E-state index in [0.29, 0.717) is 23.8 Å². The minimum Gasteiger partial charge on any atom is -0.316 e. The monoisotopic (exact) mass is 277 g/mol. The average Bonchev–Trinajstić information content (AvgIpc) is 2.66. The number of likely N-dealkylation sites (N-methyl/N-ethyl adjacent to an activating group) is 1. The van der Waals surface area contributed by atoms with E-state index in [0.717, 1.165) is 5.56 Å². The molecule has 0 bridgehead atoms. The molecule has 5 nitrogen and oxygen atoms in total. The first-order valence-corrected chi connectivity index (χ1v) is 7.68. The third-order valence-electron chi connectivity index (χ3n) is 2.13. The lowest BCUT2D eigenvalue weighted by atomic mass is 10.3. The fourth-order valence-electron chi connectivity index (χ4n) is 1.27. The number of hydrogen-bond acceptors (Lipinski definition) is 5. The zero-order valence-electron chi connectivity index (χ0n) is 10.4. The van der Waals surface area contributed by atoms with Crippen LogP contribution in [0.2, 0.25) is 0 Å². The van der Waals surface area contributed by atoms with E-state index in [1.807, 2.05) is 31.4 Å². The molecule has 1 heterocycles.